The number of benzene rings is 3. The summed E-state index contributed by atoms with van der Waals surface area (Å²) in [5.74, 6) is 0.431. The summed E-state index contributed by atoms with van der Waals surface area (Å²) in [4.78, 5) is 23.2. The summed E-state index contributed by atoms with van der Waals surface area (Å²) in [5.41, 5.74) is 3.01. The Balaban J connectivity index is 1.57. The first-order chi connectivity index (χ1) is 14.6. The third-order valence-corrected chi connectivity index (χ3v) is 4.17. The van der Waals surface area contributed by atoms with Gasteiger partial charge in [-0.1, -0.05) is 43.0 Å². The zero-order valence-corrected chi connectivity index (χ0v) is 16.4. The molecule has 0 saturated carbocycles. The number of hydrogen-bond acceptors (Lipinski definition) is 5. The van der Waals surface area contributed by atoms with Gasteiger partial charge >= 0.3 is 11.9 Å². The van der Waals surface area contributed by atoms with Gasteiger partial charge in [-0.05, 0) is 59.2 Å². The lowest BCUT2D eigenvalue weighted by atomic mass is 10.0. The van der Waals surface area contributed by atoms with Crippen molar-refractivity contribution in [2.45, 2.75) is 0 Å². The van der Waals surface area contributed by atoms with E-state index < -0.39 is 11.9 Å². The fraction of sp³-hybridized carbons (Fsp3) is 0.0400. The standard InChI is InChI=1S/C25H20O5/c1-3-24(26)29-22-13-15-23(16-14-22)30-25(27)17-6-18-4-7-19(8-5-18)20-9-11-21(28-2)12-10-20/h3-17H,1H2,2H3/b17-6+. The molecular formula is C25H20O5. The lowest BCUT2D eigenvalue weighted by Crippen LogP contribution is -2.05. The minimum absolute atomic E-state index is 0.340. The maximum absolute atomic E-state index is 12.0. The van der Waals surface area contributed by atoms with Gasteiger partial charge in [-0.15, -0.1) is 0 Å². The van der Waals surface area contributed by atoms with E-state index in [4.69, 9.17) is 14.2 Å². The summed E-state index contributed by atoms with van der Waals surface area (Å²) in [6, 6.07) is 21.8. The van der Waals surface area contributed by atoms with Crippen LogP contribution in [0.25, 0.3) is 17.2 Å². The molecule has 0 N–H and O–H groups in total. The van der Waals surface area contributed by atoms with Crippen LogP contribution in [-0.2, 0) is 9.59 Å². The van der Waals surface area contributed by atoms with E-state index in [0.29, 0.717) is 11.5 Å². The zero-order valence-electron chi connectivity index (χ0n) is 16.4. The quantitative estimate of drug-likeness (QED) is 0.315. The third kappa shape index (κ3) is 5.69. The second kappa shape index (κ2) is 9.89. The van der Waals surface area contributed by atoms with Crippen molar-refractivity contribution >= 4 is 18.0 Å². The van der Waals surface area contributed by atoms with E-state index in [1.54, 1.807) is 25.3 Å². The van der Waals surface area contributed by atoms with Crippen LogP contribution in [0.3, 0.4) is 0 Å². The van der Waals surface area contributed by atoms with Crippen LogP contribution in [0.4, 0.5) is 0 Å². The lowest BCUT2D eigenvalue weighted by molar-refractivity contribution is -0.130. The van der Waals surface area contributed by atoms with E-state index in [9.17, 15) is 9.59 Å². The van der Waals surface area contributed by atoms with E-state index in [0.717, 1.165) is 28.5 Å². The molecule has 0 bridgehead atoms. The molecule has 150 valence electrons. The zero-order chi connectivity index (χ0) is 21.3. The molecule has 0 unspecified atom stereocenters. The molecule has 0 radical (unpaired) electrons. The molecule has 30 heavy (non-hydrogen) atoms. The first-order valence-corrected chi connectivity index (χ1v) is 9.16. The lowest BCUT2D eigenvalue weighted by Gasteiger charge is -2.05. The number of esters is 2. The number of methoxy groups -OCH3 is 1. The van der Waals surface area contributed by atoms with Crippen LogP contribution in [0.2, 0.25) is 0 Å². The van der Waals surface area contributed by atoms with Crippen LogP contribution in [-0.4, -0.2) is 19.0 Å². The highest BCUT2D eigenvalue weighted by molar-refractivity contribution is 5.89. The van der Waals surface area contributed by atoms with Crippen LogP contribution in [0.15, 0.2) is 91.5 Å². The molecule has 0 amide bonds. The maximum Gasteiger partial charge on any atom is 0.336 e. The van der Waals surface area contributed by atoms with Gasteiger partial charge in [0.2, 0.25) is 0 Å². The van der Waals surface area contributed by atoms with Gasteiger partial charge in [-0.2, -0.15) is 0 Å². The Labute approximate surface area is 174 Å². The molecule has 3 rings (SSSR count). The Hall–Kier alpha value is -4.12. The predicted molar refractivity (Wildman–Crippen MR) is 115 cm³/mol. The average molecular weight is 400 g/mol. The molecule has 0 aliphatic rings. The van der Waals surface area contributed by atoms with Crippen LogP contribution in [0.1, 0.15) is 5.56 Å². The molecule has 3 aromatic rings. The second-order valence-electron chi connectivity index (χ2n) is 6.20. The molecule has 0 atom stereocenters. The first-order valence-electron chi connectivity index (χ1n) is 9.16. The summed E-state index contributed by atoms with van der Waals surface area (Å²) < 4.78 is 15.4. The van der Waals surface area contributed by atoms with Crippen molar-refractivity contribution in [2.75, 3.05) is 7.11 Å². The SMILES string of the molecule is C=CC(=O)Oc1ccc(OC(=O)/C=C/c2ccc(-c3ccc(OC)cc3)cc2)cc1. The highest BCUT2D eigenvalue weighted by Crippen LogP contribution is 2.23. The van der Waals surface area contributed by atoms with Crippen molar-refractivity contribution in [3.8, 4) is 28.4 Å². The number of carbonyl (C=O) groups is 2. The summed E-state index contributed by atoms with van der Waals surface area (Å²) in [5, 5.41) is 0. The number of hydrogen-bond donors (Lipinski definition) is 0. The molecule has 0 aliphatic heterocycles. The molecule has 0 spiro atoms. The Morgan fingerprint density at radius 1 is 0.700 bits per heavy atom. The molecule has 0 saturated heterocycles. The van der Waals surface area contributed by atoms with Crippen molar-refractivity contribution < 1.29 is 23.8 Å². The predicted octanol–water partition coefficient (Wildman–Crippen LogP) is 5.07. The van der Waals surface area contributed by atoms with Crippen molar-refractivity contribution in [3.05, 3.63) is 97.1 Å². The summed E-state index contributed by atoms with van der Waals surface area (Å²) in [7, 11) is 1.64. The van der Waals surface area contributed by atoms with Crippen LogP contribution in [0, 0.1) is 0 Å². The fourth-order valence-electron chi connectivity index (χ4n) is 2.62. The largest absolute Gasteiger partial charge is 0.497 e. The average Bonchev–Trinajstić information content (AvgIpc) is 2.79. The molecule has 5 nitrogen and oxygen atoms in total. The number of ether oxygens (including phenoxy) is 3. The second-order valence-corrected chi connectivity index (χ2v) is 6.20. The summed E-state index contributed by atoms with van der Waals surface area (Å²) >= 11 is 0. The molecule has 0 fully saturated rings. The van der Waals surface area contributed by atoms with Gasteiger partial charge in [0.15, 0.2) is 0 Å². The molecular weight excluding hydrogens is 380 g/mol. The van der Waals surface area contributed by atoms with E-state index in [1.165, 1.54) is 18.2 Å². The Morgan fingerprint density at radius 2 is 1.17 bits per heavy atom. The highest BCUT2D eigenvalue weighted by Gasteiger charge is 2.04. The van der Waals surface area contributed by atoms with Gasteiger partial charge < -0.3 is 14.2 Å². The van der Waals surface area contributed by atoms with Crippen molar-refractivity contribution in [1.82, 2.24) is 0 Å². The number of rotatable bonds is 7. The first kappa shape index (κ1) is 20.6. The molecule has 5 heteroatoms. The number of carbonyl (C=O) groups excluding carboxylic acids is 2. The van der Waals surface area contributed by atoms with Gasteiger partial charge in [0.05, 0.1) is 7.11 Å². The van der Waals surface area contributed by atoms with Crippen LogP contribution in [0.5, 0.6) is 17.2 Å². The highest BCUT2D eigenvalue weighted by atomic mass is 16.5. The Kier molecular flexibility index (Phi) is 6.79. The van der Waals surface area contributed by atoms with Gasteiger partial charge in [0, 0.05) is 12.2 Å². The monoisotopic (exact) mass is 400 g/mol. The van der Waals surface area contributed by atoms with Crippen molar-refractivity contribution in [2.24, 2.45) is 0 Å². The Morgan fingerprint density at radius 3 is 1.67 bits per heavy atom. The van der Waals surface area contributed by atoms with Crippen molar-refractivity contribution in [1.29, 1.82) is 0 Å². The van der Waals surface area contributed by atoms with Crippen LogP contribution < -0.4 is 14.2 Å². The summed E-state index contributed by atoms with van der Waals surface area (Å²) in [6.45, 7) is 3.33. The molecule has 0 aromatic heterocycles. The van der Waals surface area contributed by atoms with Gasteiger partial charge in [0.1, 0.15) is 17.2 Å². The minimum Gasteiger partial charge on any atom is -0.497 e. The van der Waals surface area contributed by atoms with Crippen molar-refractivity contribution in [3.63, 3.8) is 0 Å². The topological polar surface area (TPSA) is 61.8 Å². The Bertz CT molecular complexity index is 1050. The van der Waals surface area contributed by atoms with E-state index in [2.05, 4.69) is 6.58 Å². The van der Waals surface area contributed by atoms with E-state index in [-0.39, 0.29) is 0 Å². The van der Waals surface area contributed by atoms with Gasteiger partial charge in [-0.3, -0.25) is 0 Å². The van der Waals surface area contributed by atoms with E-state index in [1.807, 2.05) is 48.5 Å². The van der Waals surface area contributed by atoms with Crippen LogP contribution >= 0.6 is 0 Å². The summed E-state index contributed by atoms with van der Waals surface area (Å²) in [6.07, 6.45) is 4.11. The molecule has 3 aromatic carbocycles. The van der Waals surface area contributed by atoms with Gasteiger partial charge in [-0.25, -0.2) is 9.59 Å². The maximum atomic E-state index is 12.0. The molecule has 0 aliphatic carbocycles. The molecule has 0 heterocycles. The third-order valence-electron chi connectivity index (χ3n) is 4.17. The smallest absolute Gasteiger partial charge is 0.336 e. The normalized spacial score (nSPS) is 10.4. The van der Waals surface area contributed by atoms with Gasteiger partial charge in [0.25, 0.3) is 0 Å². The van der Waals surface area contributed by atoms with E-state index >= 15 is 0 Å². The minimum atomic E-state index is -0.555. The fourth-order valence-corrected chi connectivity index (χ4v) is 2.62.